The van der Waals surface area contributed by atoms with E-state index in [1.165, 1.54) is 27.7 Å². The van der Waals surface area contributed by atoms with E-state index in [9.17, 15) is 22.8 Å². The number of nitrogens with zero attached hydrogens (tertiary/aromatic N) is 2. The van der Waals surface area contributed by atoms with Crippen LogP contribution < -0.4 is 5.32 Å². The highest BCUT2D eigenvalue weighted by Crippen LogP contribution is 2.26. The SMILES string of the molecule is Cc1nn(CC(F)(F)F)c(C)c1C(C)C(=O)N[C@@H](C)C(=O)O. The Labute approximate surface area is 125 Å². The van der Waals surface area contributed by atoms with Crippen LogP contribution in [-0.2, 0) is 16.1 Å². The van der Waals surface area contributed by atoms with Crippen LogP contribution in [0.5, 0.6) is 0 Å². The summed E-state index contributed by atoms with van der Waals surface area (Å²) in [6.45, 7) is 4.53. The van der Waals surface area contributed by atoms with Crippen LogP contribution in [0.4, 0.5) is 13.2 Å². The van der Waals surface area contributed by atoms with Gasteiger partial charge in [-0.25, -0.2) is 0 Å². The average Bonchev–Trinajstić information content (AvgIpc) is 2.61. The molecule has 1 heterocycles. The largest absolute Gasteiger partial charge is 0.480 e. The van der Waals surface area contributed by atoms with Gasteiger partial charge in [0.25, 0.3) is 0 Å². The van der Waals surface area contributed by atoms with Gasteiger partial charge in [0.05, 0.1) is 11.6 Å². The maximum absolute atomic E-state index is 12.5. The Morgan fingerprint density at radius 1 is 1.32 bits per heavy atom. The molecule has 2 N–H and O–H groups in total. The second kappa shape index (κ2) is 6.37. The minimum absolute atomic E-state index is 0.237. The number of aliphatic carboxylic acids is 1. The molecule has 0 aliphatic carbocycles. The quantitative estimate of drug-likeness (QED) is 0.865. The summed E-state index contributed by atoms with van der Waals surface area (Å²) < 4.78 is 38.2. The summed E-state index contributed by atoms with van der Waals surface area (Å²) in [6.07, 6.45) is -4.41. The number of carboxylic acid groups (broad SMARTS) is 1. The Kier molecular flexibility index (Phi) is 5.21. The van der Waals surface area contributed by atoms with E-state index in [-0.39, 0.29) is 5.69 Å². The van der Waals surface area contributed by atoms with Gasteiger partial charge in [-0.3, -0.25) is 14.3 Å². The molecule has 0 saturated heterocycles. The van der Waals surface area contributed by atoms with Crippen molar-refractivity contribution in [1.29, 1.82) is 0 Å². The number of aryl methyl sites for hydroxylation is 1. The number of carbonyl (C=O) groups is 2. The molecule has 6 nitrogen and oxygen atoms in total. The molecule has 1 aromatic rings. The average molecular weight is 321 g/mol. The fraction of sp³-hybridized carbons (Fsp3) is 0.615. The number of hydrogen-bond donors (Lipinski definition) is 2. The fourth-order valence-corrected chi connectivity index (χ4v) is 2.19. The number of carboxylic acids is 1. The van der Waals surface area contributed by atoms with Crippen molar-refractivity contribution in [3.05, 3.63) is 17.0 Å². The first-order valence-electron chi connectivity index (χ1n) is 6.58. The molecule has 22 heavy (non-hydrogen) atoms. The molecule has 1 amide bonds. The minimum Gasteiger partial charge on any atom is -0.480 e. The van der Waals surface area contributed by atoms with Gasteiger partial charge in [-0.05, 0) is 27.7 Å². The van der Waals surface area contributed by atoms with Gasteiger partial charge in [-0.2, -0.15) is 18.3 Å². The van der Waals surface area contributed by atoms with Crippen molar-refractivity contribution in [1.82, 2.24) is 15.1 Å². The van der Waals surface area contributed by atoms with Crippen LogP contribution in [0.15, 0.2) is 0 Å². The summed E-state index contributed by atoms with van der Waals surface area (Å²) in [5.74, 6) is -2.57. The highest BCUT2D eigenvalue weighted by Gasteiger charge is 2.32. The Hall–Kier alpha value is -2.06. The third-order valence-corrected chi connectivity index (χ3v) is 3.32. The highest BCUT2D eigenvalue weighted by atomic mass is 19.4. The fourth-order valence-electron chi connectivity index (χ4n) is 2.19. The Balaban J connectivity index is 3.01. The molecule has 0 aliphatic heterocycles. The lowest BCUT2D eigenvalue weighted by Crippen LogP contribution is -2.40. The van der Waals surface area contributed by atoms with Gasteiger partial charge in [0.2, 0.25) is 5.91 Å². The van der Waals surface area contributed by atoms with Crippen molar-refractivity contribution in [3.63, 3.8) is 0 Å². The van der Waals surface area contributed by atoms with Gasteiger partial charge in [0.1, 0.15) is 12.6 Å². The van der Waals surface area contributed by atoms with Gasteiger partial charge in [-0.1, -0.05) is 0 Å². The molecule has 0 radical (unpaired) electrons. The van der Waals surface area contributed by atoms with Crippen molar-refractivity contribution < 1.29 is 27.9 Å². The van der Waals surface area contributed by atoms with E-state index >= 15 is 0 Å². The highest BCUT2D eigenvalue weighted by molar-refractivity contribution is 5.88. The first-order valence-corrected chi connectivity index (χ1v) is 6.58. The lowest BCUT2D eigenvalue weighted by molar-refractivity contribution is -0.143. The van der Waals surface area contributed by atoms with Gasteiger partial charge in [-0.15, -0.1) is 0 Å². The van der Waals surface area contributed by atoms with Crippen LogP contribution in [0.2, 0.25) is 0 Å². The third-order valence-electron chi connectivity index (χ3n) is 3.32. The van der Waals surface area contributed by atoms with E-state index < -0.39 is 36.6 Å². The Morgan fingerprint density at radius 2 is 1.86 bits per heavy atom. The number of hydrogen-bond acceptors (Lipinski definition) is 3. The summed E-state index contributed by atoms with van der Waals surface area (Å²) in [5.41, 5.74) is 0.923. The molecule has 1 rings (SSSR count). The van der Waals surface area contributed by atoms with Crippen LogP contribution in [0.3, 0.4) is 0 Å². The number of amides is 1. The van der Waals surface area contributed by atoms with E-state index in [4.69, 9.17) is 5.11 Å². The van der Waals surface area contributed by atoms with Crippen molar-refractivity contribution in [2.45, 2.75) is 52.4 Å². The lowest BCUT2D eigenvalue weighted by atomic mass is 9.98. The molecule has 0 saturated carbocycles. The number of alkyl halides is 3. The Morgan fingerprint density at radius 3 is 2.32 bits per heavy atom. The molecule has 124 valence electrons. The maximum Gasteiger partial charge on any atom is 0.408 e. The van der Waals surface area contributed by atoms with E-state index in [0.29, 0.717) is 11.3 Å². The standard InChI is InChI=1S/C13H18F3N3O3/c1-6(11(20)17-8(3)12(21)22)10-7(2)18-19(9(10)4)5-13(14,15)16/h6,8H,5H2,1-4H3,(H,17,20)(H,21,22)/t6?,8-/m0/s1. The lowest BCUT2D eigenvalue weighted by Gasteiger charge is -2.16. The molecule has 0 aliphatic rings. The zero-order valence-corrected chi connectivity index (χ0v) is 12.7. The predicted molar refractivity (Wildman–Crippen MR) is 71.4 cm³/mol. The molecule has 1 aromatic heterocycles. The molecule has 0 spiro atoms. The van der Waals surface area contributed by atoms with Gasteiger partial charge in [0, 0.05) is 11.3 Å². The van der Waals surface area contributed by atoms with Crippen LogP contribution >= 0.6 is 0 Å². The van der Waals surface area contributed by atoms with Crippen molar-refractivity contribution >= 4 is 11.9 Å². The smallest absolute Gasteiger partial charge is 0.408 e. The molecule has 0 aromatic carbocycles. The second-order valence-electron chi connectivity index (χ2n) is 5.15. The molecule has 2 atom stereocenters. The van der Waals surface area contributed by atoms with E-state index in [1.54, 1.807) is 0 Å². The van der Waals surface area contributed by atoms with Gasteiger partial charge >= 0.3 is 12.1 Å². The van der Waals surface area contributed by atoms with Crippen molar-refractivity contribution in [3.8, 4) is 0 Å². The molecule has 9 heteroatoms. The topological polar surface area (TPSA) is 84.2 Å². The molecule has 0 fully saturated rings. The van der Waals surface area contributed by atoms with E-state index in [1.807, 2.05) is 0 Å². The summed E-state index contributed by atoms with van der Waals surface area (Å²) in [5, 5.41) is 14.9. The zero-order chi connectivity index (χ0) is 17.2. The zero-order valence-electron chi connectivity index (χ0n) is 12.7. The maximum atomic E-state index is 12.5. The Bertz CT molecular complexity index is 581. The molecular formula is C13H18F3N3O3. The molecule has 0 bridgehead atoms. The molecule has 1 unspecified atom stereocenters. The van der Waals surface area contributed by atoms with Crippen LogP contribution in [0.1, 0.15) is 36.7 Å². The van der Waals surface area contributed by atoms with Crippen molar-refractivity contribution in [2.75, 3.05) is 0 Å². The minimum atomic E-state index is -4.41. The summed E-state index contributed by atoms with van der Waals surface area (Å²) in [4.78, 5) is 22.8. The number of aromatic nitrogens is 2. The van der Waals surface area contributed by atoms with Gasteiger partial charge in [0.15, 0.2) is 0 Å². The van der Waals surface area contributed by atoms with Crippen LogP contribution in [-0.4, -0.2) is 39.0 Å². The molecular weight excluding hydrogens is 303 g/mol. The van der Waals surface area contributed by atoms with Crippen molar-refractivity contribution in [2.24, 2.45) is 0 Å². The van der Waals surface area contributed by atoms with Crippen LogP contribution in [0, 0.1) is 13.8 Å². The van der Waals surface area contributed by atoms with E-state index in [0.717, 1.165) is 4.68 Å². The summed E-state index contributed by atoms with van der Waals surface area (Å²) in [7, 11) is 0. The number of halogens is 3. The monoisotopic (exact) mass is 321 g/mol. The normalized spacial score (nSPS) is 14.5. The second-order valence-corrected chi connectivity index (χ2v) is 5.15. The number of rotatable bonds is 5. The first kappa shape index (κ1) is 18.0. The summed E-state index contributed by atoms with van der Waals surface area (Å²) in [6, 6.07) is -1.08. The summed E-state index contributed by atoms with van der Waals surface area (Å²) >= 11 is 0. The van der Waals surface area contributed by atoms with Crippen LogP contribution in [0.25, 0.3) is 0 Å². The number of nitrogens with one attached hydrogen (secondary N) is 1. The van der Waals surface area contributed by atoms with E-state index in [2.05, 4.69) is 10.4 Å². The third kappa shape index (κ3) is 4.22. The first-order chi connectivity index (χ1) is 9.94. The number of carbonyl (C=O) groups excluding carboxylic acids is 1. The predicted octanol–water partition coefficient (Wildman–Crippen LogP) is 1.76. The van der Waals surface area contributed by atoms with Gasteiger partial charge < -0.3 is 10.4 Å².